The van der Waals surface area contributed by atoms with Gasteiger partial charge in [-0.1, -0.05) is 6.92 Å². The summed E-state index contributed by atoms with van der Waals surface area (Å²) in [6.45, 7) is 6.42. The molecule has 1 aromatic heterocycles. The number of benzene rings is 2. The number of halogens is 3. The predicted molar refractivity (Wildman–Crippen MR) is 123 cm³/mol. The third-order valence-corrected chi connectivity index (χ3v) is 4.57. The van der Waals surface area contributed by atoms with Crippen LogP contribution in [0.3, 0.4) is 0 Å². The molecule has 3 rings (SSSR count). The number of aromatic nitrogens is 2. The van der Waals surface area contributed by atoms with Crippen LogP contribution in [0, 0.1) is 0 Å². The van der Waals surface area contributed by atoms with Crippen molar-refractivity contribution in [1.29, 1.82) is 0 Å². The van der Waals surface area contributed by atoms with Crippen LogP contribution < -0.4 is 19.7 Å². The van der Waals surface area contributed by atoms with E-state index in [-0.39, 0.29) is 17.9 Å². The molecule has 0 unspecified atom stereocenters. The zero-order valence-corrected chi connectivity index (χ0v) is 19.0. The lowest BCUT2D eigenvalue weighted by Crippen LogP contribution is -2.19. The van der Waals surface area contributed by atoms with Gasteiger partial charge < -0.3 is 19.7 Å². The van der Waals surface area contributed by atoms with Crippen LogP contribution in [0.1, 0.15) is 32.8 Å². The van der Waals surface area contributed by atoms with Crippen molar-refractivity contribution in [3.05, 3.63) is 60.3 Å². The Morgan fingerprint density at radius 2 is 1.64 bits per heavy atom. The van der Waals surface area contributed by atoms with Gasteiger partial charge in [0.15, 0.2) is 5.82 Å². The number of nitrogens with one attached hydrogen (secondary N) is 1. The van der Waals surface area contributed by atoms with Gasteiger partial charge in [-0.25, -0.2) is 4.98 Å². The summed E-state index contributed by atoms with van der Waals surface area (Å²) in [4.78, 5) is 9.42. The van der Waals surface area contributed by atoms with Crippen LogP contribution in [-0.4, -0.2) is 29.7 Å². The Kier molecular flexibility index (Phi) is 7.63. The molecule has 2 aromatic carbocycles. The van der Waals surface area contributed by atoms with Gasteiger partial charge in [-0.3, -0.25) is 0 Å². The Bertz CT molecular complexity index is 1040. The molecule has 0 atom stereocenters. The molecule has 33 heavy (non-hydrogen) atoms. The predicted octanol–water partition coefficient (Wildman–Crippen LogP) is 6.58. The van der Waals surface area contributed by atoms with E-state index in [0.717, 1.165) is 12.6 Å². The van der Waals surface area contributed by atoms with E-state index in [9.17, 15) is 13.2 Å². The van der Waals surface area contributed by atoms with Crippen LogP contribution >= 0.6 is 0 Å². The summed E-state index contributed by atoms with van der Waals surface area (Å²) >= 11 is 0. The van der Waals surface area contributed by atoms with Crippen molar-refractivity contribution >= 4 is 23.1 Å². The summed E-state index contributed by atoms with van der Waals surface area (Å²) in [5, 5.41) is 2.95. The van der Waals surface area contributed by atoms with Crippen molar-refractivity contribution in [2.24, 2.45) is 0 Å². The second-order valence-corrected chi connectivity index (χ2v) is 7.65. The molecule has 0 fully saturated rings. The van der Waals surface area contributed by atoms with Gasteiger partial charge in [0.1, 0.15) is 17.1 Å². The topological polar surface area (TPSA) is 59.5 Å². The fraction of sp³-hybridized carbons (Fsp3) is 0.333. The molecule has 0 aliphatic carbocycles. The molecule has 6 nitrogen and oxygen atoms in total. The summed E-state index contributed by atoms with van der Waals surface area (Å²) in [7, 11) is 1.53. The Morgan fingerprint density at radius 1 is 1.00 bits per heavy atom. The summed E-state index contributed by atoms with van der Waals surface area (Å²) in [6, 6.07) is 13.8. The number of anilines is 4. The lowest BCUT2D eigenvalue weighted by atomic mass is 10.2. The van der Waals surface area contributed by atoms with Crippen LogP contribution in [0.2, 0.25) is 0 Å². The van der Waals surface area contributed by atoms with Crippen LogP contribution in [0.4, 0.5) is 36.3 Å². The van der Waals surface area contributed by atoms with Crippen LogP contribution in [0.15, 0.2) is 54.7 Å². The average molecular weight is 461 g/mol. The molecular formula is C24H27F3N4O2. The summed E-state index contributed by atoms with van der Waals surface area (Å²) in [5.74, 6) is 1.13. The van der Waals surface area contributed by atoms with Gasteiger partial charge in [-0.05, 0) is 68.8 Å². The van der Waals surface area contributed by atoms with Crippen LogP contribution in [0.25, 0.3) is 0 Å². The molecule has 3 aromatic rings. The Labute approximate surface area is 191 Å². The molecule has 1 heterocycles. The van der Waals surface area contributed by atoms with Gasteiger partial charge in [0, 0.05) is 24.6 Å². The van der Waals surface area contributed by atoms with Crippen LogP contribution in [0.5, 0.6) is 11.5 Å². The first kappa shape index (κ1) is 24.2. The van der Waals surface area contributed by atoms with E-state index >= 15 is 0 Å². The van der Waals surface area contributed by atoms with Crippen molar-refractivity contribution in [2.75, 3.05) is 23.9 Å². The Hall–Kier alpha value is -3.49. The normalized spacial score (nSPS) is 11.4. The molecule has 0 radical (unpaired) electrons. The first-order chi connectivity index (χ1) is 15.7. The molecule has 176 valence electrons. The molecule has 0 aliphatic rings. The van der Waals surface area contributed by atoms with Crippen molar-refractivity contribution < 1.29 is 22.6 Å². The molecule has 0 saturated carbocycles. The number of hydrogen-bond donors (Lipinski definition) is 1. The highest BCUT2D eigenvalue weighted by atomic mass is 19.4. The van der Waals surface area contributed by atoms with E-state index in [1.54, 1.807) is 48.5 Å². The maximum absolute atomic E-state index is 13.7. The standard InChI is InChI=1S/C24H27F3N4O2/c1-5-14-32-19-10-6-17(7-11-19)29-23-28-15-21(24(25,26)27)22(30-23)31(4)18-8-12-20(13-9-18)33-16(2)3/h6-13,15-16H,5,14H2,1-4H3,(H,28,29,30). The van der Waals surface area contributed by atoms with Gasteiger partial charge >= 0.3 is 6.18 Å². The highest BCUT2D eigenvalue weighted by Gasteiger charge is 2.36. The van der Waals surface area contributed by atoms with Gasteiger partial charge in [0.05, 0.1) is 12.7 Å². The number of hydrogen-bond acceptors (Lipinski definition) is 6. The van der Waals surface area contributed by atoms with E-state index in [0.29, 0.717) is 29.5 Å². The summed E-state index contributed by atoms with van der Waals surface area (Å²) in [6.07, 6.45) is -2.94. The second kappa shape index (κ2) is 10.4. The zero-order chi connectivity index (χ0) is 24.0. The quantitative estimate of drug-likeness (QED) is 0.389. The molecular weight excluding hydrogens is 433 g/mol. The van der Waals surface area contributed by atoms with Crippen molar-refractivity contribution in [3.8, 4) is 11.5 Å². The third kappa shape index (κ3) is 6.50. The lowest BCUT2D eigenvalue weighted by Gasteiger charge is -2.23. The first-order valence-corrected chi connectivity index (χ1v) is 10.6. The first-order valence-electron chi connectivity index (χ1n) is 10.6. The fourth-order valence-corrected chi connectivity index (χ4v) is 3.01. The second-order valence-electron chi connectivity index (χ2n) is 7.65. The number of alkyl halides is 3. The highest BCUT2D eigenvalue weighted by molar-refractivity contribution is 5.65. The van der Waals surface area contributed by atoms with Crippen molar-refractivity contribution in [3.63, 3.8) is 0 Å². The molecule has 0 saturated heterocycles. The smallest absolute Gasteiger partial charge is 0.421 e. The summed E-state index contributed by atoms with van der Waals surface area (Å²) in [5.41, 5.74) is 0.224. The number of rotatable bonds is 9. The molecule has 0 amide bonds. The molecule has 9 heteroatoms. The van der Waals surface area contributed by atoms with Gasteiger partial charge in [-0.15, -0.1) is 0 Å². The van der Waals surface area contributed by atoms with E-state index in [2.05, 4.69) is 15.3 Å². The van der Waals surface area contributed by atoms with Gasteiger partial charge in [-0.2, -0.15) is 18.2 Å². The van der Waals surface area contributed by atoms with E-state index in [1.165, 1.54) is 11.9 Å². The molecule has 1 N–H and O–H groups in total. The van der Waals surface area contributed by atoms with Crippen LogP contribution in [-0.2, 0) is 6.18 Å². The van der Waals surface area contributed by atoms with E-state index < -0.39 is 11.7 Å². The largest absolute Gasteiger partial charge is 0.494 e. The average Bonchev–Trinajstić information content (AvgIpc) is 2.77. The maximum Gasteiger partial charge on any atom is 0.421 e. The van der Waals surface area contributed by atoms with E-state index in [1.807, 2.05) is 20.8 Å². The number of nitrogens with zero attached hydrogens (tertiary/aromatic N) is 3. The minimum absolute atomic E-state index is 0.00631. The minimum Gasteiger partial charge on any atom is -0.494 e. The van der Waals surface area contributed by atoms with Crippen molar-refractivity contribution in [1.82, 2.24) is 9.97 Å². The number of ether oxygens (including phenoxy) is 2. The Balaban J connectivity index is 1.87. The third-order valence-electron chi connectivity index (χ3n) is 4.57. The monoisotopic (exact) mass is 460 g/mol. The molecule has 0 spiro atoms. The lowest BCUT2D eigenvalue weighted by molar-refractivity contribution is -0.137. The molecule has 0 aliphatic heterocycles. The van der Waals surface area contributed by atoms with E-state index in [4.69, 9.17) is 9.47 Å². The van der Waals surface area contributed by atoms with Gasteiger partial charge in [0.2, 0.25) is 5.95 Å². The van der Waals surface area contributed by atoms with Gasteiger partial charge in [0.25, 0.3) is 0 Å². The zero-order valence-electron chi connectivity index (χ0n) is 19.0. The minimum atomic E-state index is -4.61. The summed E-state index contributed by atoms with van der Waals surface area (Å²) < 4.78 is 52.2. The fourth-order valence-electron chi connectivity index (χ4n) is 3.01. The Morgan fingerprint density at radius 3 is 2.21 bits per heavy atom. The maximum atomic E-state index is 13.7. The molecule has 0 bridgehead atoms. The highest BCUT2D eigenvalue weighted by Crippen LogP contribution is 2.38. The van der Waals surface area contributed by atoms with Crippen molar-refractivity contribution in [2.45, 2.75) is 39.5 Å². The SMILES string of the molecule is CCCOc1ccc(Nc2ncc(C(F)(F)F)c(N(C)c3ccc(OC(C)C)cc3)n2)cc1.